The van der Waals surface area contributed by atoms with Gasteiger partial charge in [-0.15, -0.1) is 23.2 Å². The largest absolute Gasteiger partial charge is 0.190 e. The lowest BCUT2D eigenvalue weighted by atomic mass is 10.3. The molecule has 0 saturated heterocycles. The van der Waals surface area contributed by atoms with Crippen molar-refractivity contribution in [3.63, 3.8) is 0 Å². The van der Waals surface area contributed by atoms with E-state index in [0.717, 1.165) is 12.8 Å². The number of hydrogen-bond donors (Lipinski definition) is 0. The van der Waals surface area contributed by atoms with Crippen molar-refractivity contribution in [2.24, 2.45) is 0 Å². The van der Waals surface area contributed by atoms with Gasteiger partial charge in [0.2, 0.25) is 0 Å². The zero-order valence-corrected chi connectivity index (χ0v) is 12.4. The highest BCUT2D eigenvalue weighted by Crippen LogP contribution is 2.31. The maximum atomic E-state index is 5.48. The zero-order valence-electron chi connectivity index (χ0n) is 8.67. The normalized spacial score (nSPS) is 15.4. The van der Waals surface area contributed by atoms with Crippen LogP contribution in [-0.4, -0.2) is 14.5 Å². The summed E-state index contributed by atoms with van der Waals surface area (Å²) in [6, 6.07) is 0. The van der Waals surface area contributed by atoms with E-state index in [-0.39, 0.29) is 10.8 Å². The average Bonchev–Trinajstić information content (AvgIpc) is 2.00. The molecule has 0 bridgehead atoms. The molecule has 2 atom stereocenters. The number of hydrogen-bond acceptors (Lipinski definition) is 0. The van der Waals surface area contributed by atoms with E-state index in [1.165, 1.54) is 0 Å². The Kier molecular flexibility index (Phi) is 12.3. The summed E-state index contributed by atoms with van der Waals surface area (Å²) in [7, 11) is 0. The molecule has 0 spiro atoms. The highest BCUT2D eigenvalue weighted by Gasteiger charge is 2.17. The standard InChI is InChI=1S/C5H9Cl3.C4H8Cl2/c1-2-3-4-5(6,7)8;1-3(5)4(2)6/h2-4H2,1H3;3-4H,1-2H3. The Morgan fingerprint density at radius 3 is 1.43 bits per heavy atom. The molecule has 0 nitrogen and oxygen atoms in total. The van der Waals surface area contributed by atoms with Crippen molar-refractivity contribution in [3.05, 3.63) is 0 Å². The second-order valence-corrected chi connectivity index (χ2v) is 6.97. The van der Waals surface area contributed by atoms with Crippen LogP contribution in [0, 0.1) is 0 Å². The Labute approximate surface area is 112 Å². The van der Waals surface area contributed by atoms with Crippen LogP contribution in [0.4, 0.5) is 0 Å². The monoisotopic (exact) mass is 300 g/mol. The topological polar surface area (TPSA) is 0 Å². The molecular weight excluding hydrogens is 285 g/mol. The van der Waals surface area contributed by atoms with E-state index in [9.17, 15) is 0 Å². The predicted molar refractivity (Wildman–Crippen MR) is 70.4 cm³/mol. The lowest BCUT2D eigenvalue weighted by Crippen LogP contribution is -2.03. The summed E-state index contributed by atoms with van der Waals surface area (Å²) in [5.74, 6) is 0. The van der Waals surface area contributed by atoms with E-state index in [4.69, 9.17) is 58.0 Å². The Morgan fingerprint density at radius 2 is 1.36 bits per heavy atom. The Bertz CT molecular complexity index is 111. The molecule has 0 aromatic carbocycles. The number of rotatable bonds is 3. The third kappa shape index (κ3) is 19.1. The van der Waals surface area contributed by atoms with Crippen LogP contribution in [-0.2, 0) is 0 Å². The second-order valence-electron chi connectivity index (χ2n) is 3.07. The first-order valence-corrected chi connectivity index (χ1v) is 6.56. The van der Waals surface area contributed by atoms with Gasteiger partial charge in [-0.3, -0.25) is 0 Å². The molecule has 0 heterocycles. The maximum absolute atomic E-state index is 5.48. The minimum atomic E-state index is -1.03. The maximum Gasteiger partial charge on any atom is 0.190 e. The lowest BCUT2D eigenvalue weighted by molar-refractivity contribution is 0.733. The molecule has 5 heteroatoms. The minimum absolute atomic E-state index is 0.0895. The SMILES string of the molecule is CC(Cl)C(C)Cl.CCCCC(Cl)(Cl)Cl. The van der Waals surface area contributed by atoms with Gasteiger partial charge in [-0.05, 0) is 26.7 Å². The van der Waals surface area contributed by atoms with Crippen LogP contribution in [0.1, 0.15) is 40.0 Å². The van der Waals surface area contributed by atoms with Crippen LogP contribution in [0.2, 0.25) is 0 Å². The van der Waals surface area contributed by atoms with Gasteiger partial charge in [0.05, 0.1) is 0 Å². The molecule has 0 fully saturated rings. The molecule has 0 amide bonds. The highest BCUT2D eigenvalue weighted by atomic mass is 35.6. The number of halogens is 5. The van der Waals surface area contributed by atoms with Crippen molar-refractivity contribution < 1.29 is 0 Å². The summed E-state index contributed by atoms with van der Waals surface area (Å²) >= 11 is 27.3. The van der Waals surface area contributed by atoms with Crippen LogP contribution >= 0.6 is 58.0 Å². The summed E-state index contributed by atoms with van der Waals surface area (Å²) in [5, 5.41) is 0.179. The molecule has 0 rings (SSSR count). The first-order valence-electron chi connectivity index (χ1n) is 4.55. The van der Waals surface area contributed by atoms with Gasteiger partial charge in [0, 0.05) is 10.8 Å². The molecular formula is C9H17Cl5. The van der Waals surface area contributed by atoms with Gasteiger partial charge in [0.15, 0.2) is 3.79 Å². The van der Waals surface area contributed by atoms with Gasteiger partial charge >= 0.3 is 0 Å². The third-order valence-electron chi connectivity index (χ3n) is 1.45. The van der Waals surface area contributed by atoms with E-state index in [1.807, 2.05) is 13.8 Å². The smallest absolute Gasteiger partial charge is 0.122 e. The van der Waals surface area contributed by atoms with Crippen molar-refractivity contribution in [1.82, 2.24) is 0 Å². The van der Waals surface area contributed by atoms with Gasteiger partial charge < -0.3 is 0 Å². The molecule has 0 aliphatic heterocycles. The molecule has 0 N–H and O–H groups in total. The van der Waals surface area contributed by atoms with Gasteiger partial charge in [0.1, 0.15) is 0 Å². The van der Waals surface area contributed by atoms with Crippen molar-refractivity contribution in [2.45, 2.75) is 54.6 Å². The summed E-state index contributed by atoms with van der Waals surface area (Å²) in [5.41, 5.74) is 0. The van der Waals surface area contributed by atoms with Crippen LogP contribution in [0.5, 0.6) is 0 Å². The average molecular weight is 302 g/mol. The van der Waals surface area contributed by atoms with Crippen molar-refractivity contribution >= 4 is 58.0 Å². The molecule has 0 aliphatic rings. The van der Waals surface area contributed by atoms with E-state index >= 15 is 0 Å². The van der Waals surface area contributed by atoms with Crippen LogP contribution in [0.25, 0.3) is 0 Å². The quantitative estimate of drug-likeness (QED) is 0.579. The summed E-state index contributed by atoms with van der Waals surface area (Å²) < 4.78 is -1.03. The lowest BCUT2D eigenvalue weighted by Gasteiger charge is -2.07. The first kappa shape index (κ1) is 17.8. The van der Waals surface area contributed by atoms with Crippen molar-refractivity contribution in [2.75, 3.05) is 0 Å². The van der Waals surface area contributed by atoms with Crippen molar-refractivity contribution in [3.8, 4) is 0 Å². The number of unbranched alkanes of at least 4 members (excludes halogenated alkanes) is 1. The van der Waals surface area contributed by atoms with Crippen molar-refractivity contribution in [1.29, 1.82) is 0 Å². The molecule has 0 aromatic rings. The molecule has 0 radical (unpaired) electrons. The minimum Gasteiger partial charge on any atom is -0.122 e. The Hall–Kier alpha value is 1.45. The third-order valence-corrected chi connectivity index (χ3v) is 2.90. The Morgan fingerprint density at radius 1 is 1.00 bits per heavy atom. The van der Waals surface area contributed by atoms with E-state index in [1.54, 1.807) is 0 Å². The molecule has 0 aliphatic carbocycles. The highest BCUT2D eigenvalue weighted by molar-refractivity contribution is 6.67. The summed E-state index contributed by atoms with van der Waals surface area (Å²) in [4.78, 5) is 0. The molecule has 0 saturated carbocycles. The molecule has 0 aromatic heterocycles. The van der Waals surface area contributed by atoms with Crippen LogP contribution in [0.15, 0.2) is 0 Å². The van der Waals surface area contributed by atoms with Crippen LogP contribution < -0.4 is 0 Å². The first-order chi connectivity index (χ1) is 6.20. The summed E-state index contributed by atoms with van der Waals surface area (Å²) in [6.45, 7) is 5.81. The molecule has 2 unspecified atom stereocenters. The fourth-order valence-electron chi connectivity index (χ4n) is 0.377. The fourth-order valence-corrected chi connectivity index (χ4v) is 0.778. The van der Waals surface area contributed by atoms with Gasteiger partial charge in [-0.1, -0.05) is 48.1 Å². The van der Waals surface area contributed by atoms with Gasteiger partial charge in [-0.25, -0.2) is 0 Å². The van der Waals surface area contributed by atoms with E-state index in [2.05, 4.69) is 6.92 Å². The van der Waals surface area contributed by atoms with E-state index in [0.29, 0.717) is 6.42 Å². The predicted octanol–water partition coefficient (Wildman–Crippen LogP) is 5.79. The van der Waals surface area contributed by atoms with E-state index < -0.39 is 3.79 Å². The van der Waals surface area contributed by atoms with Gasteiger partial charge in [-0.2, -0.15) is 0 Å². The fraction of sp³-hybridized carbons (Fsp3) is 1.00. The number of alkyl halides is 5. The molecule has 88 valence electrons. The zero-order chi connectivity index (χ0) is 11.8. The Balaban J connectivity index is 0. The van der Waals surface area contributed by atoms with Gasteiger partial charge in [0.25, 0.3) is 0 Å². The second kappa shape index (κ2) is 9.66. The summed E-state index contributed by atoms with van der Waals surface area (Å²) in [6.07, 6.45) is 2.72. The molecule has 14 heavy (non-hydrogen) atoms. The van der Waals surface area contributed by atoms with Crippen LogP contribution in [0.3, 0.4) is 0 Å².